The first-order valence-electron chi connectivity index (χ1n) is 4.85. The van der Waals surface area contributed by atoms with Gasteiger partial charge in [-0.15, -0.1) is 0 Å². The monoisotopic (exact) mass is 263 g/mol. The van der Waals surface area contributed by atoms with Crippen molar-refractivity contribution in [3.63, 3.8) is 0 Å². The lowest BCUT2D eigenvalue weighted by Gasteiger charge is -2.02. The van der Waals surface area contributed by atoms with Gasteiger partial charge in [-0.2, -0.15) is 5.26 Å². The van der Waals surface area contributed by atoms with E-state index in [4.69, 9.17) is 28.5 Å². The van der Waals surface area contributed by atoms with Gasteiger partial charge in [0, 0.05) is 6.42 Å². The second-order valence-corrected chi connectivity index (χ2v) is 4.17. The average molecular weight is 264 g/mol. The quantitative estimate of drug-likeness (QED) is 0.618. The van der Waals surface area contributed by atoms with Crippen LogP contribution in [0, 0.1) is 11.3 Å². The van der Waals surface area contributed by atoms with Crippen molar-refractivity contribution in [2.45, 2.75) is 6.42 Å². The van der Waals surface area contributed by atoms with Gasteiger partial charge in [-0.3, -0.25) is 0 Å². The van der Waals surface area contributed by atoms with E-state index in [1.165, 1.54) is 0 Å². The number of rotatable bonds is 2. The molecule has 0 unspecified atom stereocenters. The predicted molar refractivity (Wildman–Crippen MR) is 66.0 cm³/mol. The maximum atomic E-state index is 8.80. The largest absolute Gasteiger partial charge is 0.224 e. The fourth-order valence-electron chi connectivity index (χ4n) is 1.48. The number of nitriles is 1. The number of hydrogen-bond acceptors (Lipinski definition) is 3. The van der Waals surface area contributed by atoms with Gasteiger partial charge >= 0.3 is 0 Å². The van der Waals surface area contributed by atoms with E-state index in [1.807, 2.05) is 18.2 Å². The molecule has 1 heterocycles. The third-order valence-corrected chi connectivity index (χ3v) is 2.52. The Bertz CT molecular complexity index is 570. The van der Waals surface area contributed by atoms with Crippen LogP contribution in [0.15, 0.2) is 30.3 Å². The number of hydrogen-bond donors (Lipinski definition) is 0. The molecule has 0 atom stereocenters. The first-order chi connectivity index (χ1) is 8.17. The first kappa shape index (κ1) is 11.8. The van der Waals surface area contributed by atoms with Gasteiger partial charge in [0.05, 0.1) is 17.3 Å². The summed E-state index contributed by atoms with van der Waals surface area (Å²) in [6.45, 7) is 0. The van der Waals surface area contributed by atoms with Gasteiger partial charge in [-0.25, -0.2) is 9.97 Å². The van der Waals surface area contributed by atoms with Crippen LogP contribution in [0.1, 0.15) is 16.8 Å². The maximum Gasteiger partial charge on any atom is 0.224 e. The summed E-state index contributed by atoms with van der Waals surface area (Å²) in [4.78, 5) is 7.85. The van der Waals surface area contributed by atoms with Crippen LogP contribution >= 0.6 is 23.2 Å². The molecular formula is C12H7Cl2N3. The number of nitrogens with zero attached hydrogens (tertiary/aromatic N) is 3. The summed E-state index contributed by atoms with van der Waals surface area (Å²) in [5, 5.41) is 9.24. The van der Waals surface area contributed by atoms with Crippen molar-refractivity contribution in [3.05, 3.63) is 57.6 Å². The second kappa shape index (κ2) is 5.13. The second-order valence-electron chi connectivity index (χ2n) is 3.44. The molecule has 84 valence electrons. The van der Waals surface area contributed by atoms with Gasteiger partial charge in [-0.1, -0.05) is 23.7 Å². The number of halogens is 2. The molecule has 0 radical (unpaired) electrons. The van der Waals surface area contributed by atoms with Crippen LogP contribution in [-0.4, -0.2) is 9.97 Å². The van der Waals surface area contributed by atoms with Crippen LogP contribution in [-0.2, 0) is 6.42 Å². The minimum Gasteiger partial charge on any atom is -0.223 e. The molecule has 0 amide bonds. The fraction of sp³-hybridized carbons (Fsp3) is 0.0833. The smallest absolute Gasteiger partial charge is 0.223 e. The lowest BCUT2D eigenvalue weighted by atomic mass is 10.1. The zero-order valence-corrected chi connectivity index (χ0v) is 10.2. The predicted octanol–water partition coefficient (Wildman–Crippen LogP) is 3.25. The normalized spacial score (nSPS) is 9.94. The Balaban J connectivity index is 2.28. The molecule has 5 heteroatoms. The Morgan fingerprint density at radius 3 is 2.71 bits per heavy atom. The van der Waals surface area contributed by atoms with E-state index in [1.54, 1.807) is 12.1 Å². The van der Waals surface area contributed by atoms with Crippen molar-refractivity contribution in [1.29, 1.82) is 5.26 Å². The highest BCUT2D eigenvalue weighted by atomic mass is 35.5. The Morgan fingerprint density at radius 2 is 2.00 bits per heavy atom. The molecule has 0 bridgehead atoms. The summed E-state index contributed by atoms with van der Waals surface area (Å²) in [6, 6.07) is 11.1. The highest BCUT2D eigenvalue weighted by Crippen LogP contribution is 2.15. The Labute approximate surface area is 109 Å². The van der Waals surface area contributed by atoms with Crippen molar-refractivity contribution in [2.24, 2.45) is 0 Å². The van der Waals surface area contributed by atoms with E-state index in [2.05, 4.69) is 16.0 Å². The minimum atomic E-state index is 0.129. The molecule has 0 saturated carbocycles. The summed E-state index contributed by atoms with van der Waals surface area (Å²) in [7, 11) is 0. The summed E-state index contributed by atoms with van der Waals surface area (Å²) < 4.78 is 0. The third kappa shape index (κ3) is 3.16. The van der Waals surface area contributed by atoms with Crippen LogP contribution < -0.4 is 0 Å². The fourth-order valence-corrected chi connectivity index (χ4v) is 1.93. The van der Waals surface area contributed by atoms with Crippen LogP contribution in [0.25, 0.3) is 0 Å². The van der Waals surface area contributed by atoms with E-state index < -0.39 is 0 Å². The standard InChI is InChI=1S/C12H7Cl2N3/c13-11-6-10(16-12(14)17-11)5-8-2-1-3-9(4-8)7-15/h1-4,6H,5H2. The van der Waals surface area contributed by atoms with E-state index >= 15 is 0 Å². The molecule has 0 N–H and O–H groups in total. The van der Waals surface area contributed by atoms with Crippen LogP contribution in [0.5, 0.6) is 0 Å². The van der Waals surface area contributed by atoms with Crippen molar-refractivity contribution in [2.75, 3.05) is 0 Å². The van der Waals surface area contributed by atoms with Gasteiger partial charge in [0.2, 0.25) is 5.28 Å². The van der Waals surface area contributed by atoms with Crippen molar-refractivity contribution in [1.82, 2.24) is 9.97 Å². The summed E-state index contributed by atoms with van der Waals surface area (Å²) >= 11 is 11.5. The topological polar surface area (TPSA) is 49.6 Å². The number of benzene rings is 1. The summed E-state index contributed by atoms with van der Waals surface area (Å²) in [5.74, 6) is 0. The van der Waals surface area contributed by atoms with Crippen LogP contribution in [0.2, 0.25) is 10.4 Å². The van der Waals surface area contributed by atoms with E-state index in [-0.39, 0.29) is 5.28 Å². The first-order valence-corrected chi connectivity index (χ1v) is 5.61. The van der Waals surface area contributed by atoms with E-state index in [9.17, 15) is 0 Å². The molecule has 0 aliphatic carbocycles. The highest BCUT2D eigenvalue weighted by Gasteiger charge is 2.03. The zero-order chi connectivity index (χ0) is 12.3. The molecule has 0 fully saturated rings. The van der Waals surface area contributed by atoms with E-state index in [0.717, 1.165) is 11.3 Å². The van der Waals surface area contributed by atoms with Gasteiger partial charge in [-0.05, 0) is 35.4 Å². The molecule has 17 heavy (non-hydrogen) atoms. The van der Waals surface area contributed by atoms with Gasteiger partial charge in [0.25, 0.3) is 0 Å². The Morgan fingerprint density at radius 1 is 1.18 bits per heavy atom. The molecule has 3 nitrogen and oxygen atoms in total. The lowest BCUT2D eigenvalue weighted by molar-refractivity contribution is 1.03. The Kier molecular flexibility index (Phi) is 3.58. The van der Waals surface area contributed by atoms with Gasteiger partial charge < -0.3 is 0 Å². The van der Waals surface area contributed by atoms with Crippen molar-refractivity contribution in [3.8, 4) is 6.07 Å². The molecule has 0 spiro atoms. The molecular weight excluding hydrogens is 257 g/mol. The van der Waals surface area contributed by atoms with E-state index in [0.29, 0.717) is 17.1 Å². The zero-order valence-electron chi connectivity index (χ0n) is 8.69. The van der Waals surface area contributed by atoms with Gasteiger partial charge in [0.15, 0.2) is 0 Å². The lowest BCUT2D eigenvalue weighted by Crippen LogP contribution is -1.95. The average Bonchev–Trinajstić information content (AvgIpc) is 2.28. The highest BCUT2D eigenvalue weighted by molar-refractivity contribution is 6.31. The van der Waals surface area contributed by atoms with Crippen molar-refractivity contribution >= 4 is 23.2 Å². The maximum absolute atomic E-state index is 8.80. The SMILES string of the molecule is N#Cc1cccc(Cc2cc(Cl)nc(Cl)n2)c1. The summed E-state index contributed by atoms with van der Waals surface area (Å²) in [5.41, 5.74) is 2.33. The molecule has 2 aromatic rings. The number of aromatic nitrogens is 2. The molecule has 2 rings (SSSR count). The molecule has 0 saturated heterocycles. The molecule has 0 aliphatic heterocycles. The molecule has 1 aromatic carbocycles. The van der Waals surface area contributed by atoms with Crippen molar-refractivity contribution < 1.29 is 0 Å². The Hall–Kier alpha value is -1.63. The summed E-state index contributed by atoms with van der Waals surface area (Å²) in [6.07, 6.45) is 0.567. The molecule has 1 aromatic heterocycles. The third-order valence-electron chi connectivity index (χ3n) is 2.16. The molecule has 0 aliphatic rings. The minimum absolute atomic E-state index is 0.129. The van der Waals surface area contributed by atoms with Crippen LogP contribution in [0.3, 0.4) is 0 Å². The van der Waals surface area contributed by atoms with Crippen LogP contribution in [0.4, 0.5) is 0 Å². The van der Waals surface area contributed by atoms with Gasteiger partial charge in [0.1, 0.15) is 5.15 Å².